The quantitative estimate of drug-likeness (QED) is 0.289. The van der Waals surface area contributed by atoms with Crippen molar-refractivity contribution in [1.82, 2.24) is 44.6 Å². The number of hydrogen-bond acceptors (Lipinski definition) is 10. The first kappa shape index (κ1) is 34.7. The average molecular weight is 738 g/mol. The topological polar surface area (TPSA) is 144 Å². The van der Waals surface area contributed by atoms with E-state index in [9.17, 15) is 19.8 Å². The smallest absolute Gasteiger partial charge is 0.317 e. The summed E-state index contributed by atoms with van der Waals surface area (Å²) in [7, 11) is 0. The maximum atomic E-state index is 11.8. The summed E-state index contributed by atoms with van der Waals surface area (Å²) >= 11 is 0. The molecule has 6 heterocycles. The zero-order valence-electron chi connectivity index (χ0n) is 26.5. The molecule has 4 aromatic rings. The Bertz CT molecular complexity index is 1620. The minimum absolute atomic E-state index is 0. The van der Waals surface area contributed by atoms with Gasteiger partial charge in [-0.2, -0.15) is 0 Å². The number of carboxylic acids is 2. The molecule has 7 rings (SSSR count). The summed E-state index contributed by atoms with van der Waals surface area (Å²) < 4.78 is 1.84. The van der Waals surface area contributed by atoms with Crippen LogP contribution in [0, 0.1) is 0 Å². The van der Waals surface area contributed by atoms with E-state index < -0.39 is 11.9 Å². The van der Waals surface area contributed by atoms with Gasteiger partial charge in [0, 0.05) is 92.7 Å². The fourth-order valence-electron chi connectivity index (χ4n) is 6.10. The van der Waals surface area contributed by atoms with Crippen molar-refractivity contribution in [1.29, 1.82) is 0 Å². The second kappa shape index (κ2) is 16.5. The first-order valence-corrected chi connectivity index (χ1v) is 15.6. The Hall–Kier alpha value is -3.64. The van der Waals surface area contributed by atoms with Gasteiger partial charge in [-0.3, -0.25) is 34.2 Å². The van der Waals surface area contributed by atoms with E-state index in [0.29, 0.717) is 72.0 Å². The van der Waals surface area contributed by atoms with E-state index in [1.165, 1.54) is 0 Å². The van der Waals surface area contributed by atoms with Gasteiger partial charge in [0.05, 0.1) is 48.6 Å². The number of nitrogens with zero attached hydrogens (tertiary/aromatic N) is 9. The van der Waals surface area contributed by atoms with E-state index in [-0.39, 0.29) is 40.4 Å². The molecule has 0 radical (unpaired) electrons. The van der Waals surface area contributed by atoms with Crippen LogP contribution in [0.2, 0.25) is 0 Å². The van der Waals surface area contributed by atoms with Crippen LogP contribution >= 0.6 is 0 Å². The third-order valence-electron chi connectivity index (χ3n) is 8.46. The van der Waals surface area contributed by atoms with Gasteiger partial charge in [0.25, 0.3) is 0 Å². The van der Waals surface area contributed by atoms with Crippen molar-refractivity contribution >= 4 is 11.9 Å². The zero-order valence-corrected chi connectivity index (χ0v) is 30.5. The van der Waals surface area contributed by atoms with E-state index in [1.807, 2.05) is 50.9 Å². The van der Waals surface area contributed by atoms with Gasteiger partial charge >= 0.3 is 11.9 Å². The van der Waals surface area contributed by atoms with E-state index in [0.717, 1.165) is 39.6 Å². The van der Waals surface area contributed by atoms with Crippen molar-refractivity contribution < 1.29 is 47.1 Å². The molecular weight excluding hydrogens is 699 g/mol. The Labute approximate surface area is 294 Å². The van der Waals surface area contributed by atoms with Crippen molar-refractivity contribution in [3.8, 4) is 22.5 Å². The summed E-state index contributed by atoms with van der Waals surface area (Å²) in [6, 6.07) is 20.2. The molecule has 3 aromatic heterocycles. The van der Waals surface area contributed by atoms with E-state index in [2.05, 4.69) is 44.4 Å². The summed E-state index contributed by atoms with van der Waals surface area (Å²) in [6.07, 6.45) is 1.72. The second-order valence-electron chi connectivity index (χ2n) is 11.9. The molecule has 0 atom stereocenters. The van der Waals surface area contributed by atoms with Gasteiger partial charge in [0.1, 0.15) is 5.69 Å². The van der Waals surface area contributed by atoms with Crippen LogP contribution in [-0.2, 0) is 56.5 Å². The SMILES string of the molecule is O=C(O)CN1CCN2CCN(CC(=O)O)CCN(CC1)Cc1cccc(n1)-c1cnnn1Cc1cc(-c3ccccc3)cc(n1)C2.[Cd]. The Kier molecular flexibility index (Phi) is 12.1. The molecule has 0 saturated carbocycles. The molecular formula is C33H39CdN9O4. The average Bonchev–Trinajstić information content (AvgIpc) is 3.50. The zero-order chi connectivity index (χ0) is 31.9. The molecule has 1 saturated heterocycles. The van der Waals surface area contributed by atoms with Crippen LogP contribution in [0.1, 0.15) is 17.1 Å². The van der Waals surface area contributed by atoms with Crippen LogP contribution in [0.25, 0.3) is 22.5 Å². The van der Waals surface area contributed by atoms with Crippen LogP contribution in [0.5, 0.6) is 0 Å². The number of carboxylic acid groups (broad SMARTS) is 2. The molecule has 242 valence electrons. The fourth-order valence-corrected chi connectivity index (χ4v) is 6.10. The number of rotatable bonds is 5. The summed E-state index contributed by atoms with van der Waals surface area (Å²) in [5.41, 5.74) is 6.18. The molecule has 0 unspecified atom stereocenters. The third-order valence-corrected chi connectivity index (χ3v) is 8.46. The van der Waals surface area contributed by atoms with Crippen molar-refractivity contribution in [3.05, 3.63) is 83.9 Å². The van der Waals surface area contributed by atoms with Crippen molar-refractivity contribution in [3.63, 3.8) is 0 Å². The van der Waals surface area contributed by atoms with E-state index in [1.54, 1.807) is 6.20 Å². The number of hydrogen-bond donors (Lipinski definition) is 2. The Balaban J connectivity index is 0.00000433. The van der Waals surface area contributed by atoms with Crippen molar-refractivity contribution in [2.24, 2.45) is 0 Å². The van der Waals surface area contributed by atoms with Gasteiger partial charge in [0.2, 0.25) is 0 Å². The summed E-state index contributed by atoms with van der Waals surface area (Å²) in [5.74, 6) is -1.72. The van der Waals surface area contributed by atoms with Crippen LogP contribution in [0.15, 0.2) is 66.9 Å². The Morgan fingerprint density at radius 3 is 1.81 bits per heavy atom. The van der Waals surface area contributed by atoms with Crippen LogP contribution in [0.3, 0.4) is 0 Å². The summed E-state index contributed by atoms with van der Waals surface area (Å²) in [4.78, 5) is 42.2. The molecule has 2 N–H and O–H groups in total. The normalized spacial score (nSPS) is 19.6. The molecule has 3 aliphatic heterocycles. The number of fused-ring (bicyclic) bond motifs is 8. The van der Waals surface area contributed by atoms with Gasteiger partial charge in [-0.1, -0.05) is 41.6 Å². The number of benzene rings is 1. The van der Waals surface area contributed by atoms with E-state index >= 15 is 0 Å². The first-order chi connectivity index (χ1) is 22.4. The van der Waals surface area contributed by atoms with Crippen molar-refractivity contribution in [2.45, 2.75) is 19.6 Å². The molecule has 0 aliphatic carbocycles. The largest absolute Gasteiger partial charge is 0.480 e. The molecule has 47 heavy (non-hydrogen) atoms. The Morgan fingerprint density at radius 2 is 1.21 bits per heavy atom. The third kappa shape index (κ3) is 9.70. The predicted molar refractivity (Wildman–Crippen MR) is 171 cm³/mol. The van der Waals surface area contributed by atoms with Crippen LogP contribution < -0.4 is 0 Å². The number of aliphatic carboxylic acids is 2. The molecule has 0 spiro atoms. The number of aromatic nitrogens is 5. The van der Waals surface area contributed by atoms with Gasteiger partial charge in [0.15, 0.2) is 0 Å². The van der Waals surface area contributed by atoms with Gasteiger partial charge in [-0.05, 0) is 35.4 Å². The summed E-state index contributed by atoms with van der Waals surface area (Å²) in [5, 5.41) is 28.0. The van der Waals surface area contributed by atoms with Gasteiger partial charge < -0.3 is 10.2 Å². The van der Waals surface area contributed by atoms with E-state index in [4.69, 9.17) is 9.97 Å². The molecule has 0 amide bonds. The molecule has 1 aromatic carbocycles. The first-order valence-electron chi connectivity index (χ1n) is 15.6. The van der Waals surface area contributed by atoms with Gasteiger partial charge in [-0.25, -0.2) is 9.67 Å². The minimum Gasteiger partial charge on any atom is -0.480 e. The molecule has 3 aliphatic rings. The van der Waals surface area contributed by atoms with Crippen molar-refractivity contribution in [2.75, 3.05) is 65.4 Å². The van der Waals surface area contributed by atoms with Gasteiger partial charge in [-0.15, -0.1) is 5.10 Å². The second-order valence-corrected chi connectivity index (χ2v) is 11.9. The number of pyridine rings is 2. The Morgan fingerprint density at radius 1 is 0.638 bits per heavy atom. The maximum absolute atomic E-state index is 11.8. The summed E-state index contributed by atoms with van der Waals surface area (Å²) in [6.45, 7) is 6.03. The number of carbonyl (C=O) groups is 2. The standard InChI is InChI=1S/C33H39N9O4.Cd/c43-32(44)23-40-13-9-38-10-14-41(24-33(45)46)16-12-39(11-15-40)21-28-17-26(25-5-2-1-3-6-25)18-29(35-28)22-42-31(19-34-37-42)30-8-4-7-27(20-38)36-30;/h1-8,17-19H,9-16,20-24H2,(H,43,44)(H,45,46);. The monoisotopic (exact) mass is 739 g/mol. The fraction of sp³-hybridized carbons (Fsp3) is 0.394. The van der Waals surface area contributed by atoms with Crippen LogP contribution in [-0.4, -0.2) is 132 Å². The molecule has 13 nitrogen and oxygen atoms in total. The molecule has 14 heteroatoms. The van der Waals surface area contributed by atoms with Crippen LogP contribution in [0.4, 0.5) is 0 Å². The maximum Gasteiger partial charge on any atom is 0.317 e. The predicted octanol–water partition coefficient (Wildman–Crippen LogP) is 1.85. The minimum atomic E-state index is -0.860. The molecule has 1 fully saturated rings. The molecule has 6 bridgehead atoms.